The van der Waals surface area contributed by atoms with Crippen LogP contribution >= 0.6 is 0 Å². The van der Waals surface area contributed by atoms with Gasteiger partial charge in [0.05, 0.1) is 45.3 Å². The average Bonchev–Trinajstić information content (AvgIpc) is 3.62. The Balaban J connectivity index is 1.27. The number of fused-ring (bicyclic) bond motifs is 6. The number of hydrogen-bond acceptors (Lipinski definition) is 2. The zero-order valence-corrected chi connectivity index (χ0v) is 29.3. The molecule has 4 nitrogen and oxygen atoms in total. The van der Waals surface area contributed by atoms with E-state index in [1.165, 1.54) is 32.7 Å². The molecule has 2 aromatic heterocycles. The number of para-hydroxylation sites is 2. The summed E-state index contributed by atoms with van der Waals surface area (Å²) < 4.78 is 4.48. The summed E-state index contributed by atoms with van der Waals surface area (Å²) in [5.41, 5.74) is 11.3. The molecule has 0 atom stereocenters. The lowest BCUT2D eigenvalue weighted by atomic mass is 9.86. The Hall–Kier alpha value is -6.10. The molecule has 0 saturated heterocycles. The molecule has 0 spiro atoms. The zero-order valence-electron chi connectivity index (χ0n) is 29.3. The van der Waals surface area contributed by atoms with E-state index in [1.54, 1.807) is 0 Å². The quantitative estimate of drug-likeness (QED) is 0.192. The van der Waals surface area contributed by atoms with Crippen molar-refractivity contribution in [3.05, 3.63) is 144 Å². The summed E-state index contributed by atoms with van der Waals surface area (Å²) in [5.74, 6) is 0. The molecule has 0 bridgehead atoms. The van der Waals surface area contributed by atoms with Gasteiger partial charge in [0, 0.05) is 44.0 Å². The summed E-state index contributed by atoms with van der Waals surface area (Å²) in [6.45, 7) is 13.4. The van der Waals surface area contributed by atoms with Crippen LogP contribution in [-0.4, -0.2) is 9.13 Å². The Kier molecular flexibility index (Phi) is 7.00. The van der Waals surface area contributed by atoms with Crippen molar-refractivity contribution < 1.29 is 0 Å². The second-order valence-corrected chi connectivity index (χ2v) is 15.4. The van der Waals surface area contributed by atoms with Crippen LogP contribution in [0.1, 0.15) is 63.8 Å². The van der Waals surface area contributed by atoms with Crippen LogP contribution in [0, 0.1) is 22.7 Å². The molecule has 6 aromatic carbocycles. The monoisotopic (exact) mass is 646 g/mol. The highest BCUT2D eigenvalue weighted by Crippen LogP contribution is 2.39. The molecule has 8 rings (SSSR count). The molecule has 0 N–H and O–H groups in total. The first-order valence-corrected chi connectivity index (χ1v) is 17.1. The maximum atomic E-state index is 10.5. The fourth-order valence-corrected chi connectivity index (χ4v) is 7.43. The molecule has 0 fully saturated rings. The Morgan fingerprint density at radius 1 is 0.420 bits per heavy atom. The molecule has 0 radical (unpaired) electrons. The fraction of sp³-hybridized carbons (Fsp3) is 0.174. The number of nitriles is 2. The predicted octanol–water partition coefficient (Wildman–Crippen LogP) is 11.9. The van der Waals surface area contributed by atoms with Gasteiger partial charge in [0.15, 0.2) is 0 Å². The second kappa shape index (κ2) is 11.2. The minimum absolute atomic E-state index is 0.0261. The Bertz CT molecular complexity index is 2550. The highest BCUT2D eigenvalue weighted by Gasteiger charge is 2.21. The molecule has 0 unspecified atom stereocenters. The number of benzene rings is 6. The van der Waals surface area contributed by atoms with Crippen LogP contribution in [-0.2, 0) is 10.8 Å². The van der Waals surface area contributed by atoms with Crippen molar-refractivity contribution in [1.82, 2.24) is 9.13 Å². The van der Waals surface area contributed by atoms with Crippen molar-refractivity contribution >= 4 is 43.6 Å². The maximum Gasteiger partial charge on any atom is 0.0998 e. The zero-order chi connectivity index (χ0) is 34.9. The van der Waals surface area contributed by atoms with Crippen LogP contribution in [0.25, 0.3) is 66.1 Å². The molecule has 8 aromatic rings. The Morgan fingerprint density at radius 3 is 1.18 bits per heavy atom. The van der Waals surface area contributed by atoms with E-state index in [4.69, 9.17) is 0 Å². The Morgan fingerprint density at radius 2 is 0.800 bits per heavy atom. The van der Waals surface area contributed by atoms with Crippen LogP contribution in [0.4, 0.5) is 0 Å². The molecule has 0 aliphatic carbocycles. The van der Waals surface area contributed by atoms with Gasteiger partial charge in [0.1, 0.15) is 0 Å². The van der Waals surface area contributed by atoms with E-state index in [-0.39, 0.29) is 10.8 Å². The third kappa shape index (κ3) is 4.88. The van der Waals surface area contributed by atoms with Crippen LogP contribution in [0.2, 0.25) is 0 Å². The summed E-state index contributed by atoms with van der Waals surface area (Å²) in [6, 6.07) is 47.2. The fourth-order valence-electron chi connectivity index (χ4n) is 7.43. The first kappa shape index (κ1) is 31.2. The second-order valence-electron chi connectivity index (χ2n) is 15.4. The van der Waals surface area contributed by atoms with Gasteiger partial charge < -0.3 is 9.13 Å². The van der Waals surface area contributed by atoms with Crippen molar-refractivity contribution in [2.24, 2.45) is 0 Å². The van der Waals surface area contributed by atoms with Crippen LogP contribution < -0.4 is 0 Å². The van der Waals surface area contributed by atoms with Gasteiger partial charge in [0.2, 0.25) is 0 Å². The summed E-state index contributed by atoms with van der Waals surface area (Å²) >= 11 is 0. The van der Waals surface area contributed by atoms with E-state index in [1.807, 2.05) is 24.3 Å². The van der Waals surface area contributed by atoms with Gasteiger partial charge in [-0.25, -0.2) is 0 Å². The molecular formula is C46H38N4. The molecule has 0 amide bonds. The highest BCUT2D eigenvalue weighted by atomic mass is 15.0. The first-order valence-electron chi connectivity index (χ1n) is 17.1. The van der Waals surface area contributed by atoms with Crippen molar-refractivity contribution in [2.45, 2.75) is 52.4 Å². The van der Waals surface area contributed by atoms with Crippen molar-refractivity contribution in [3.63, 3.8) is 0 Å². The largest absolute Gasteiger partial charge is 0.309 e. The lowest BCUT2D eigenvalue weighted by Crippen LogP contribution is -2.10. The van der Waals surface area contributed by atoms with Crippen molar-refractivity contribution in [3.8, 4) is 34.6 Å². The smallest absolute Gasteiger partial charge is 0.0998 e. The van der Waals surface area contributed by atoms with Crippen molar-refractivity contribution in [2.75, 3.05) is 0 Å². The topological polar surface area (TPSA) is 57.4 Å². The lowest BCUT2D eigenvalue weighted by molar-refractivity contribution is 0.591. The molecule has 0 saturated carbocycles. The first-order chi connectivity index (χ1) is 24.0. The number of nitrogens with zero attached hydrogens (tertiary/aromatic N) is 4. The Labute approximate surface area is 293 Å². The predicted molar refractivity (Wildman–Crippen MR) is 207 cm³/mol. The summed E-state index contributed by atoms with van der Waals surface area (Å²) in [5, 5.41) is 25.7. The summed E-state index contributed by atoms with van der Waals surface area (Å²) in [6.07, 6.45) is 0. The molecular weight excluding hydrogens is 609 g/mol. The standard InChI is InChI=1S/C46H38N4/c1-45(2,3)31-15-21-43-39(25-31)37-11-7-9-13-41(37)49(43)33-17-19-35(29(23-33)27-47)36-20-18-34(24-30(36)28-48)50-42-14-10-8-12-38(42)40-26-32(46(4,5)6)16-22-44(40)50/h7-26H,1-6H3. The molecule has 0 aliphatic rings. The van der Waals surface area contributed by atoms with E-state index < -0.39 is 0 Å². The van der Waals surface area contributed by atoms with Gasteiger partial charge in [0.25, 0.3) is 0 Å². The van der Waals surface area contributed by atoms with E-state index in [9.17, 15) is 10.5 Å². The van der Waals surface area contributed by atoms with E-state index in [0.717, 1.165) is 44.6 Å². The molecule has 4 heteroatoms. The van der Waals surface area contributed by atoms with Crippen molar-refractivity contribution in [1.29, 1.82) is 10.5 Å². The van der Waals surface area contributed by atoms with E-state index in [2.05, 4.69) is 160 Å². The molecule has 0 aliphatic heterocycles. The number of hydrogen-bond donors (Lipinski definition) is 0. The molecule has 50 heavy (non-hydrogen) atoms. The minimum atomic E-state index is 0.0261. The third-order valence-electron chi connectivity index (χ3n) is 10.1. The summed E-state index contributed by atoms with van der Waals surface area (Å²) in [7, 11) is 0. The van der Waals surface area contributed by atoms with Crippen LogP contribution in [0.5, 0.6) is 0 Å². The van der Waals surface area contributed by atoms with Gasteiger partial charge in [-0.2, -0.15) is 10.5 Å². The van der Waals surface area contributed by atoms with Gasteiger partial charge in [-0.3, -0.25) is 0 Å². The molecule has 242 valence electrons. The van der Waals surface area contributed by atoms with Gasteiger partial charge >= 0.3 is 0 Å². The van der Waals surface area contributed by atoms with Crippen LogP contribution in [0.15, 0.2) is 121 Å². The maximum absolute atomic E-state index is 10.5. The lowest BCUT2D eigenvalue weighted by Gasteiger charge is -2.19. The van der Waals surface area contributed by atoms with E-state index >= 15 is 0 Å². The SMILES string of the molecule is CC(C)(C)c1ccc2c(c1)c1ccccc1n2-c1ccc(-c2ccc(-n3c4ccccc4c4cc(C(C)(C)C)ccc43)cc2C#N)c(C#N)c1. The minimum Gasteiger partial charge on any atom is -0.309 e. The summed E-state index contributed by atoms with van der Waals surface area (Å²) in [4.78, 5) is 0. The number of rotatable bonds is 3. The van der Waals surface area contributed by atoms with Gasteiger partial charge in [-0.05, 0) is 82.6 Å². The third-order valence-corrected chi connectivity index (χ3v) is 10.1. The highest BCUT2D eigenvalue weighted by molar-refractivity contribution is 6.10. The number of aromatic nitrogens is 2. The van der Waals surface area contributed by atoms with Gasteiger partial charge in [-0.1, -0.05) is 102 Å². The molecule has 2 heterocycles. The average molecular weight is 647 g/mol. The normalized spacial score (nSPS) is 12.2. The van der Waals surface area contributed by atoms with Gasteiger partial charge in [-0.15, -0.1) is 0 Å². The van der Waals surface area contributed by atoms with E-state index in [0.29, 0.717) is 11.1 Å². The van der Waals surface area contributed by atoms with Crippen LogP contribution in [0.3, 0.4) is 0 Å².